The van der Waals surface area contributed by atoms with Gasteiger partial charge in [0.1, 0.15) is 17.1 Å². The molecule has 0 spiro atoms. The predicted molar refractivity (Wildman–Crippen MR) is 121 cm³/mol. The largest absolute Gasteiger partial charge is 0.424 e. The first-order valence-electron chi connectivity index (χ1n) is 11.7. The Morgan fingerprint density at radius 3 is 2.60 bits per heavy atom. The summed E-state index contributed by atoms with van der Waals surface area (Å²) in [6, 6.07) is 0. The van der Waals surface area contributed by atoms with E-state index in [1.54, 1.807) is 6.92 Å². The van der Waals surface area contributed by atoms with E-state index >= 15 is 0 Å². The number of carbonyl (C=O) groups is 1. The smallest absolute Gasteiger partial charge is 0.421 e. The number of alkyl halides is 3. The van der Waals surface area contributed by atoms with Gasteiger partial charge in [-0.15, -0.1) is 0 Å². The molecule has 0 unspecified atom stereocenters. The lowest BCUT2D eigenvalue weighted by molar-refractivity contribution is -0.139. The van der Waals surface area contributed by atoms with E-state index in [0.717, 1.165) is 32.1 Å². The van der Waals surface area contributed by atoms with E-state index in [2.05, 4.69) is 42.8 Å². The van der Waals surface area contributed by atoms with Crippen molar-refractivity contribution in [1.29, 1.82) is 0 Å². The number of piperidine rings is 1. The topological polar surface area (TPSA) is 117 Å². The van der Waals surface area contributed by atoms with Crippen molar-refractivity contribution in [2.24, 2.45) is 5.92 Å². The maximum absolute atomic E-state index is 13.5. The number of halogens is 3. The van der Waals surface area contributed by atoms with E-state index in [1.807, 2.05) is 0 Å². The highest BCUT2D eigenvalue weighted by molar-refractivity contribution is 5.79. The van der Waals surface area contributed by atoms with Crippen LogP contribution in [0.1, 0.15) is 42.3 Å². The Bertz CT molecular complexity index is 1020. The van der Waals surface area contributed by atoms with Crippen molar-refractivity contribution in [3.05, 3.63) is 23.3 Å². The highest BCUT2D eigenvalue weighted by atomic mass is 19.4. The van der Waals surface area contributed by atoms with Crippen LogP contribution in [-0.4, -0.2) is 72.2 Å². The van der Waals surface area contributed by atoms with Gasteiger partial charge < -0.3 is 24.7 Å². The fraction of sp³-hybridized carbons (Fsp3) is 0.636. The quantitative estimate of drug-likeness (QED) is 0.450. The molecule has 192 valence electrons. The maximum atomic E-state index is 13.5. The molecule has 0 aliphatic carbocycles. The third kappa shape index (κ3) is 6.40. The molecule has 0 radical (unpaired) electrons. The number of nitrogens with zero attached hydrogens (tertiary/aromatic N) is 4. The van der Waals surface area contributed by atoms with Crippen LogP contribution in [0.2, 0.25) is 0 Å². The maximum Gasteiger partial charge on any atom is 0.421 e. The number of anilines is 3. The number of nitrogens with one attached hydrogen (secondary N) is 3. The molecule has 2 aromatic heterocycles. The van der Waals surface area contributed by atoms with Crippen LogP contribution in [0.4, 0.5) is 30.8 Å². The van der Waals surface area contributed by atoms with Gasteiger partial charge in [-0.1, -0.05) is 0 Å². The van der Waals surface area contributed by atoms with Crippen molar-refractivity contribution >= 4 is 23.6 Å². The molecule has 2 saturated heterocycles. The summed E-state index contributed by atoms with van der Waals surface area (Å²) >= 11 is 0. The van der Waals surface area contributed by atoms with Crippen LogP contribution in [-0.2, 0) is 15.7 Å². The first kappa shape index (κ1) is 25.2. The molecule has 0 atom stereocenters. The fourth-order valence-electron chi connectivity index (χ4n) is 3.89. The Morgan fingerprint density at radius 2 is 1.94 bits per heavy atom. The molecule has 2 fully saturated rings. The normalized spacial score (nSPS) is 17.7. The molecular weight excluding hydrogens is 467 g/mol. The van der Waals surface area contributed by atoms with Crippen LogP contribution in [0, 0.1) is 12.8 Å². The molecule has 2 aromatic rings. The molecule has 3 N–H and O–H groups in total. The number of rotatable bonds is 9. The Labute approximate surface area is 201 Å². The molecule has 2 aliphatic rings. The number of oxazole rings is 1. The summed E-state index contributed by atoms with van der Waals surface area (Å²) in [6.45, 7) is 4.98. The Balaban J connectivity index is 1.38. The summed E-state index contributed by atoms with van der Waals surface area (Å²) < 4.78 is 51.3. The van der Waals surface area contributed by atoms with Crippen molar-refractivity contribution in [1.82, 2.24) is 25.2 Å². The van der Waals surface area contributed by atoms with E-state index in [4.69, 9.17) is 9.15 Å². The first-order valence-corrected chi connectivity index (χ1v) is 11.7. The summed E-state index contributed by atoms with van der Waals surface area (Å²) in [7, 11) is 2.07. The lowest BCUT2D eigenvalue weighted by atomic mass is 9.97. The minimum absolute atomic E-state index is 0.0343. The third-order valence-electron chi connectivity index (χ3n) is 6.15. The zero-order valence-electron chi connectivity index (χ0n) is 19.7. The lowest BCUT2D eigenvalue weighted by Crippen LogP contribution is -2.42. The number of aromatic nitrogens is 3. The van der Waals surface area contributed by atoms with E-state index < -0.39 is 11.7 Å². The second kappa shape index (κ2) is 10.8. The standard InChI is InChI=1S/C22H30F3N7O3/c1-13-19(35-20(29-13)14-4-8-32(2)9-5-14)31-21-28-10-16(22(23,24)25)17(30-21)26-6-3-7-27-18(33)15-11-34-12-15/h10,14-15H,3-9,11-12H2,1-2H3,(H,27,33)(H2,26,28,30,31). The highest BCUT2D eigenvalue weighted by Crippen LogP contribution is 2.35. The number of hydrogen-bond donors (Lipinski definition) is 3. The van der Waals surface area contributed by atoms with Gasteiger partial charge in [0.05, 0.1) is 19.1 Å². The SMILES string of the molecule is Cc1nc(C2CCN(C)CC2)oc1Nc1ncc(C(F)(F)F)c(NCCCNC(=O)C2COC2)n1. The van der Waals surface area contributed by atoms with Crippen LogP contribution >= 0.6 is 0 Å². The summed E-state index contributed by atoms with van der Waals surface area (Å²) in [5, 5.41) is 8.33. The fourth-order valence-corrected chi connectivity index (χ4v) is 3.89. The summed E-state index contributed by atoms with van der Waals surface area (Å²) in [5.74, 6) is 0.488. The predicted octanol–water partition coefficient (Wildman–Crippen LogP) is 2.91. The van der Waals surface area contributed by atoms with Gasteiger partial charge >= 0.3 is 6.18 Å². The monoisotopic (exact) mass is 497 g/mol. The number of hydrogen-bond acceptors (Lipinski definition) is 9. The van der Waals surface area contributed by atoms with Crippen LogP contribution < -0.4 is 16.0 Å². The van der Waals surface area contributed by atoms with E-state index in [0.29, 0.717) is 43.6 Å². The average Bonchev–Trinajstić information content (AvgIpc) is 3.12. The van der Waals surface area contributed by atoms with Gasteiger partial charge in [0.25, 0.3) is 0 Å². The molecule has 2 aliphatic heterocycles. The van der Waals surface area contributed by atoms with Crippen molar-refractivity contribution in [3.63, 3.8) is 0 Å². The third-order valence-corrected chi connectivity index (χ3v) is 6.15. The molecule has 1 amide bonds. The van der Waals surface area contributed by atoms with Crippen molar-refractivity contribution < 1.29 is 27.1 Å². The van der Waals surface area contributed by atoms with Crippen LogP contribution in [0.3, 0.4) is 0 Å². The van der Waals surface area contributed by atoms with Crippen LogP contribution in [0.15, 0.2) is 10.6 Å². The average molecular weight is 498 g/mol. The molecule has 4 rings (SSSR count). The number of carbonyl (C=O) groups excluding carboxylic acids is 1. The Kier molecular flexibility index (Phi) is 7.75. The van der Waals surface area contributed by atoms with Crippen LogP contribution in [0.25, 0.3) is 0 Å². The Hall–Kier alpha value is -2.93. The van der Waals surface area contributed by atoms with E-state index in [-0.39, 0.29) is 36.1 Å². The van der Waals surface area contributed by atoms with Gasteiger partial charge in [-0.05, 0) is 46.3 Å². The van der Waals surface area contributed by atoms with Gasteiger partial charge in [-0.25, -0.2) is 9.97 Å². The molecule has 4 heterocycles. The lowest BCUT2D eigenvalue weighted by Gasteiger charge is -2.26. The van der Waals surface area contributed by atoms with Crippen molar-refractivity contribution in [2.75, 3.05) is 57.1 Å². The molecule has 0 bridgehead atoms. The highest BCUT2D eigenvalue weighted by Gasteiger charge is 2.35. The van der Waals surface area contributed by atoms with Gasteiger partial charge in [-0.2, -0.15) is 18.2 Å². The number of ether oxygens (including phenoxy) is 1. The number of amides is 1. The summed E-state index contributed by atoms with van der Waals surface area (Å²) in [6.07, 6.45) is -1.61. The van der Waals surface area contributed by atoms with Gasteiger partial charge in [0.15, 0.2) is 5.89 Å². The van der Waals surface area contributed by atoms with Gasteiger partial charge in [-0.3, -0.25) is 10.1 Å². The molecule has 0 saturated carbocycles. The van der Waals surface area contributed by atoms with Crippen molar-refractivity contribution in [2.45, 2.75) is 38.3 Å². The molecule has 10 nitrogen and oxygen atoms in total. The molecular formula is C22H30F3N7O3. The van der Waals surface area contributed by atoms with Gasteiger partial charge in [0.2, 0.25) is 17.7 Å². The molecule has 35 heavy (non-hydrogen) atoms. The Morgan fingerprint density at radius 1 is 1.20 bits per heavy atom. The summed E-state index contributed by atoms with van der Waals surface area (Å²) in [4.78, 5) is 26.4. The zero-order chi connectivity index (χ0) is 25.0. The second-order valence-electron chi connectivity index (χ2n) is 8.93. The number of aryl methyl sites for hydroxylation is 1. The second-order valence-corrected chi connectivity index (χ2v) is 8.93. The summed E-state index contributed by atoms with van der Waals surface area (Å²) in [5.41, 5.74) is -0.385. The van der Waals surface area contributed by atoms with Crippen molar-refractivity contribution in [3.8, 4) is 0 Å². The minimum Gasteiger partial charge on any atom is -0.424 e. The minimum atomic E-state index is -4.62. The van der Waals surface area contributed by atoms with Gasteiger partial charge in [0, 0.05) is 25.2 Å². The van der Waals surface area contributed by atoms with E-state index in [9.17, 15) is 18.0 Å². The first-order chi connectivity index (χ1) is 16.7. The molecule has 13 heteroatoms. The zero-order valence-corrected chi connectivity index (χ0v) is 19.7. The van der Waals surface area contributed by atoms with Crippen LogP contribution in [0.5, 0.6) is 0 Å². The molecule has 0 aromatic carbocycles. The number of likely N-dealkylation sites (tertiary alicyclic amines) is 1. The van der Waals surface area contributed by atoms with E-state index in [1.165, 1.54) is 0 Å².